The number of aliphatic hydroxyl groups excluding tert-OH is 2. The predicted octanol–water partition coefficient (Wildman–Crippen LogP) is 4.93. The molecule has 1 unspecified atom stereocenters. The Balaban J connectivity index is 1.76. The number of benzene rings is 2. The Bertz CT molecular complexity index is 1290. The van der Waals surface area contributed by atoms with Gasteiger partial charge < -0.3 is 15.1 Å². The standard InChI is InChI=1S/C26H26F3N3O3S/c1-14-6-4-8-17-12-36-24-15(2)7-5-9-18(24)21(20(14)17)32-13-30(16(3)26(27,28)29)25(35)22-23(34)19(33)10-11-31(22)32/h4-11,16,19,21,33-34H,12-13H2,1-3H3/t16-,19?,21-/m1/s1. The summed E-state index contributed by atoms with van der Waals surface area (Å²) in [5, 5.41) is 24.0. The van der Waals surface area contributed by atoms with Gasteiger partial charge >= 0.3 is 6.18 Å². The number of carbonyl (C=O) groups is 1. The van der Waals surface area contributed by atoms with Crippen LogP contribution in [0.15, 0.2) is 65.0 Å². The lowest BCUT2D eigenvalue weighted by Crippen LogP contribution is -2.62. The fraction of sp³-hybridized carbons (Fsp3) is 0.346. The molecule has 2 aromatic carbocycles. The summed E-state index contributed by atoms with van der Waals surface area (Å²) in [6.45, 7) is 4.52. The van der Waals surface area contributed by atoms with Crippen LogP contribution in [0.4, 0.5) is 13.2 Å². The minimum absolute atomic E-state index is 0.368. The van der Waals surface area contributed by atoms with Crippen LogP contribution in [0.1, 0.15) is 40.8 Å². The number of nitrogens with zero attached hydrogens (tertiary/aromatic N) is 3. The van der Waals surface area contributed by atoms with Crippen molar-refractivity contribution in [2.75, 3.05) is 6.67 Å². The molecule has 6 nitrogen and oxygen atoms in total. The predicted molar refractivity (Wildman–Crippen MR) is 129 cm³/mol. The highest BCUT2D eigenvalue weighted by Crippen LogP contribution is 2.47. The Labute approximate surface area is 211 Å². The molecule has 10 heteroatoms. The second-order valence-corrected chi connectivity index (χ2v) is 10.3. The topological polar surface area (TPSA) is 67.2 Å². The molecule has 0 saturated carbocycles. The number of halogens is 3. The van der Waals surface area contributed by atoms with Crippen LogP contribution in [-0.4, -0.2) is 56.0 Å². The van der Waals surface area contributed by atoms with Crippen LogP contribution in [0.5, 0.6) is 0 Å². The SMILES string of the molecule is Cc1cccc2c1SCc1cccc(C)c1[C@@H]2N1CN([C@H](C)C(F)(F)F)C(=O)C2=C(O)C(O)C=CN21. The van der Waals surface area contributed by atoms with E-state index >= 15 is 0 Å². The second kappa shape index (κ2) is 8.86. The van der Waals surface area contributed by atoms with Crippen LogP contribution in [0.25, 0.3) is 0 Å². The zero-order valence-corrected chi connectivity index (χ0v) is 20.8. The second-order valence-electron chi connectivity index (χ2n) is 9.27. The van der Waals surface area contributed by atoms with E-state index in [-0.39, 0.29) is 12.4 Å². The lowest BCUT2D eigenvalue weighted by molar-refractivity contribution is -0.204. The van der Waals surface area contributed by atoms with Crippen molar-refractivity contribution in [1.29, 1.82) is 0 Å². The van der Waals surface area contributed by atoms with Crippen LogP contribution in [-0.2, 0) is 10.5 Å². The molecule has 0 spiro atoms. The van der Waals surface area contributed by atoms with Gasteiger partial charge in [0.15, 0.2) is 11.5 Å². The van der Waals surface area contributed by atoms with E-state index in [1.54, 1.807) is 16.8 Å². The van der Waals surface area contributed by atoms with Gasteiger partial charge in [-0.1, -0.05) is 36.4 Å². The van der Waals surface area contributed by atoms with Gasteiger partial charge in [0.05, 0.1) is 12.7 Å². The number of hydrazine groups is 1. The minimum atomic E-state index is -4.68. The molecular weight excluding hydrogens is 491 g/mol. The first-order chi connectivity index (χ1) is 17.0. The highest BCUT2D eigenvalue weighted by atomic mass is 32.2. The number of hydrogen-bond donors (Lipinski definition) is 2. The third kappa shape index (κ3) is 3.88. The van der Waals surface area contributed by atoms with E-state index in [0.29, 0.717) is 10.7 Å². The van der Waals surface area contributed by atoms with Crippen molar-refractivity contribution in [3.63, 3.8) is 0 Å². The number of aryl methyl sites for hydroxylation is 2. The Morgan fingerprint density at radius 3 is 2.53 bits per heavy atom. The van der Waals surface area contributed by atoms with E-state index in [1.165, 1.54) is 17.3 Å². The molecule has 0 radical (unpaired) electrons. The van der Waals surface area contributed by atoms with Gasteiger partial charge in [-0.2, -0.15) is 18.2 Å². The smallest absolute Gasteiger partial charge is 0.408 e. The first-order valence-electron chi connectivity index (χ1n) is 11.5. The van der Waals surface area contributed by atoms with Gasteiger partial charge in [-0.05, 0) is 54.7 Å². The average Bonchev–Trinajstić information content (AvgIpc) is 2.99. The van der Waals surface area contributed by atoms with Crippen molar-refractivity contribution in [3.05, 3.63) is 87.9 Å². The third-order valence-electron chi connectivity index (χ3n) is 7.03. The quantitative estimate of drug-likeness (QED) is 0.589. The molecule has 1 saturated heterocycles. The first-order valence-corrected chi connectivity index (χ1v) is 12.5. The molecule has 1 amide bonds. The van der Waals surface area contributed by atoms with Crippen molar-refractivity contribution >= 4 is 17.7 Å². The molecule has 2 aromatic rings. The molecule has 1 fully saturated rings. The summed E-state index contributed by atoms with van der Waals surface area (Å²) in [6, 6.07) is 9.15. The van der Waals surface area contributed by atoms with Gasteiger partial charge in [0.25, 0.3) is 5.91 Å². The van der Waals surface area contributed by atoms with Gasteiger partial charge in [-0.15, -0.1) is 11.8 Å². The highest BCUT2D eigenvalue weighted by molar-refractivity contribution is 7.98. The summed E-state index contributed by atoms with van der Waals surface area (Å²) in [5.41, 5.74) is 4.53. The van der Waals surface area contributed by atoms with Gasteiger partial charge in [-0.25, -0.2) is 0 Å². The number of amides is 1. The minimum Gasteiger partial charge on any atom is -0.507 e. The summed E-state index contributed by atoms with van der Waals surface area (Å²) in [5.74, 6) is -0.984. The molecule has 2 N–H and O–H groups in total. The number of hydrogen-bond acceptors (Lipinski definition) is 6. The van der Waals surface area contributed by atoms with Crippen molar-refractivity contribution in [1.82, 2.24) is 14.9 Å². The lowest BCUT2D eigenvalue weighted by Gasteiger charge is -2.50. The van der Waals surface area contributed by atoms with Gasteiger partial charge in [0, 0.05) is 16.8 Å². The van der Waals surface area contributed by atoms with E-state index < -0.39 is 36.0 Å². The molecule has 3 aliphatic rings. The van der Waals surface area contributed by atoms with Crippen molar-refractivity contribution in [3.8, 4) is 0 Å². The van der Waals surface area contributed by atoms with Gasteiger partial charge in [0.1, 0.15) is 12.1 Å². The first kappa shape index (κ1) is 24.7. The molecule has 190 valence electrons. The monoisotopic (exact) mass is 517 g/mol. The fourth-order valence-corrected chi connectivity index (χ4v) is 6.27. The zero-order chi connectivity index (χ0) is 25.9. The number of alkyl halides is 3. The van der Waals surface area contributed by atoms with E-state index in [4.69, 9.17) is 0 Å². The Kier molecular flexibility index (Phi) is 6.09. The van der Waals surface area contributed by atoms with Crippen LogP contribution >= 0.6 is 11.8 Å². The largest absolute Gasteiger partial charge is 0.507 e. The zero-order valence-electron chi connectivity index (χ0n) is 20.0. The van der Waals surface area contributed by atoms with Crippen molar-refractivity contribution in [2.24, 2.45) is 0 Å². The molecule has 36 heavy (non-hydrogen) atoms. The number of thioether (sulfide) groups is 1. The van der Waals surface area contributed by atoms with Crippen molar-refractivity contribution < 1.29 is 28.2 Å². The van der Waals surface area contributed by atoms with E-state index in [9.17, 15) is 28.2 Å². The molecule has 3 aliphatic heterocycles. The number of fused-ring (bicyclic) bond motifs is 3. The van der Waals surface area contributed by atoms with E-state index in [2.05, 4.69) is 0 Å². The molecule has 3 heterocycles. The molecule has 0 aromatic heterocycles. The molecular formula is C26H26F3N3O3S. The third-order valence-corrected chi connectivity index (χ3v) is 8.34. The van der Waals surface area contributed by atoms with Gasteiger partial charge in [-0.3, -0.25) is 9.80 Å². The Hall–Kier alpha value is -2.95. The van der Waals surface area contributed by atoms with E-state index in [0.717, 1.165) is 39.6 Å². The summed E-state index contributed by atoms with van der Waals surface area (Å²) < 4.78 is 41.6. The molecule has 3 atom stereocenters. The van der Waals surface area contributed by atoms with Gasteiger partial charge in [0.2, 0.25) is 0 Å². The molecule has 5 rings (SSSR count). The Morgan fingerprint density at radius 2 is 1.81 bits per heavy atom. The molecule has 0 aliphatic carbocycles. The number of rotatable bonds is 2. The van der Waals surface area contributed by atoms with Crippen LogP contribution < -0.4 is 0 Å². The molecule has 0 bridgehead atoms. The van der Waals surface area contributed by atoms with Crippen LogP contribution in [0.3, 0.4) is 0 Å². The van der Waals surface area contributed by atoms with Crippen molar-refractivity contribution in [2.45, 2.75) is 55.8 Å². The maximum absolute atomic E-state index is 13.9. The van der Waals surface area contributed by atoms with E-state index in [1.807, 2.05) is 50.2 Å². The normalized spacial score (nSPS) is 23.2. The maximum Gasteiger partial charge on any atom is 0.408 e. The number of aliphatic hydroxyl groups is 2. The summed E-state index contributed by atoms with van der Waals surface area (Å²) >= 11 is 1.67. The Morgan fingerprint density at radius 1 is 1.11 bits per heavy atom. The average molecular weight is 518 g/mol. The van der Waals surface area contributed by atoms with Crippen LogP contribution in [0, 0.1) is 13.8 Å². The maximum atomic E-state index is 13.9. The fourth-order valence-electron chi connectivity index (χ4n) is 5.07. The summed E-state index contributed by atoms with van der Waals surface area (Å²) in [4.78, 5) is 15.0. The highest BCUT2D eigenvalue weighted by Gasteiger charge is 2.50. The summed E-state index contributed by atoms with van der Waals surface area (Å²) in [7, 11) is 0. The van der Waals surface area contributed by atoms with Crippen LogP contribution in [0.2, 0.25) is 0 Å². The number of carbonyl (C=O) groups excluding carboxylic acids is 1. The summed E-state index contributed by atoms with van der Waals surface area (Å²) in [6.07, 6.45) is -3.41. The lowest BCUT2D eigenvalue weighted by atomic mass is 9.90.